The monoisotopic (exact) mass is 382 g/mol. The molecule has 0 unspecified atom stereocenters. The summed E-state index contributed by atoms with van der Waals surface area (Å²) in [4.78, 5) is 12.7. The maximum atomic E-state index is 13.0. The summed E-state index contributed by atoms with van der Waals surface area (Å²) < 4.78 is 45.8. The summed E-state index contributed by atoms with van der Waals surface area (Å²) in [5, 5.41) is 2.80. The number of amides is 1. The Morgan fingerprint density at radius 2 is 1.96 bits per heavy atom. The van der Waals surface area contributed by atoms with Crippen LogP contribution in [0.3, 0.4) is 0 Å². The Kier molecular flexibility index (Phi) is 6.70. The number of ether oxygens (including phenoxy) is 1. The molecule has 1 aromatic heterocycles. The number of hydrogen-bond donors (Lipinski definition) is 1. The van der Waals surface area contributed by atoms with Crippen molar-refractivity contribution in [1.29, 1.82) is 0 Å². The van der Waals surface area contributed by atoms with Gasteiger partial charge in [0.15, 0.2) is 0 Å². The van der Waals surface area contributed by atoms with Crippen molar-refractivity contribution < 1.29 is 22.7 Å². The van der Waals surface area contributed by atoms with Crippen LogP contribution < -0.4 is 5.32 Å². The zero-order valence-corrected chi connectivity index (χ0v) is 16.0. The number of halogens is 3. The molecule has 0 aliphatic rings. The molecule has 0 saturated carbocycles. The van der Waals surface area contributed by atoms with Gasteiger partial charge in [-0.3, -0.25) is 4.79 Å². The molecule has 1 aromatic carbocycles. The molecule has 0 atom stereocenters. The van der Waals surface area contributed by atoms with E-state index >= 15 is 0 Å². The highest BCUT2D eigenvalue weighted by atomic mass is 19.4. The molecule has 27 heavy (non-hydrogen) atoms. The predicted octanol–water partition coefficient (Wildman–Crippen LogP) is 4.11. The van der Waals surface area contributed by atoms with Gasteiger partial charge in [0.1, 0.15) is 5.69 Å². The third-order valence-corrected chi connectivity index (χ3v) is 4.67. The molecule has 1 N–H and O–H groups in total. The number of benzene rings is 1. The number of carbonyl (C=O) groups is 1. The van der Waals surface area contributed by atoms with Crippen molar-refractivity contribution in [3.8, 4) is 0 Å². The van der Waals surface area contributed by atoms with Crippen LogP contribution in [0.4, 0.5) is 13.2 Å². The number of rotatable bonds is 7. The molecule has 2 rings (SSSR count). The van der Waals surface area contributed by atoms with Gasteiger partial charge in [-0.2, -0.15) is 13.2 Å². The Morgan fingerprint density at radius 1 is 1.26 bits per heavy atom. The van der Waals surface area contributed by atoms with Gasteiger partial charge in [0.2, 0.25) is 0 Å². The molecular weight excluding hydrogens is 357 g/mol. The van der Waals surface area contributed by atoms with E-state index in [9.17, 15) is 18.0 Å². The number of methoxy groups -OCH3 is 1. The van der Waals surface area contributed by atoms with Crippen molar-refractivity contribution in [3.63, 3.8) is 0 Å². The lowest BCUT2D eigenvalue weighted by Crippen LogP contribution is -2.30. The molecule has 1 heterocycles. The number of aromatic nitrogens is 1. The van der Waals surface area contributed by atoms with E-state index in [4.69, 9.17) is 4.74 Å². The Labute approximate surface area is 157 Å². The van der Waals surface area contributed by atoms with E-state index in [-0.39, 0.29) is 12.5 Å². The lowest BCUT2D eigenvalue weighted by Gasteiger charge is -2.14. The Bertz CT molecular complexity index is 810. The van der Waals surface area contributed by atoms with Crippen LogP contribution in [0.2, 0.25) is 0 Å². The van der Waals surface area contributed by atoms with E-state index in [1.807, 2.05) is 20.8 Å². The van der Waals surface area contributed by atoms with Gasteiger partial charge < -0.3 is 14.6 Å². The summed E-state index contributed by atoms with van der Waals surface area (Å²) in [5.74, 6) is -0.251. The average molecular weight is 382 g/mol. The van der Waals surface area contributed by atoms with Crippen LogP contribution in [0, 0.1) is 13.8 Å². The summed E-state index contributed by atoms with van der Waals surface area (Å²) in [6.07, 6.45) is -3.65. The molecule has 4 nitrogen and oxygen atoms in total. The first kappa shape index (κ1) is 21.0. The number of alkyl halides is 3. The summed E-state index contributed by atoms with van der Waals surface area (Å²) in [5.41, 5.74) is 3.08. The fourth-order valence-corrected chi connectivity index (χ4v) is 3.34. The maximum absolute atomic E-state index is 13.0. The minimum absolute atomic E-state index is 0.198. The Hall–Kier alpha value is -2.28. The molecule has 0 aliphatic carbocycles. The standard InChI is InChI=1S/C20H25F3N2O2/c1-5-17-13(2)18(19(26)24-9-10-27-4)25(14(17)3)12-15-7-6-8-16(11-15)20(21,22)23/h6-8,11H,5,9-10,12H2,1-4H3,(H,24,26). The van der Waals surface area contributed by atoms with E-state index in [0.29, 0.717) is 24.4 Å². The van der Waals surface area contributed by atoms with E-state index in [1.165, 1.54) is 6.07 Å². The van der Waals surface area contributed by atoms with Gasteiger partial charge in [-0.25, -0.2) is 0 Å². The van der Waals surface area contributed by atoms with Crippen molar-refractivity contribution in [2.45, 2.75) is 39.9 Å². The van der Waals surface area contributed by atoms with Crippen LogP contribution in [0.1, 0.15) is 45.4 Å². The second kappa shape index (κ2) is 8.61. The largest absolute Gasteiger partial charge is 0.416 e. The van der Waals surface area contributed by atoms with E-state index < -0.39 is 11.7 Å². The second-order valence-corrected chi connectivity index (χ2v) is 6.42. The SMILES string of the molecule is CCc1c(C)c(C(=O)NCCOC)n(Cc2cccc(C(F)(F)F)c2)c1C. The molecule has 0 bridgehead atoms. The first-order valence-corrected chi connectivity index (χ1v) is 8.82. The topological polar surface area (TPSA) is 43.3 Å². The fourth-order valence-electron chi connectivity index (χ4n) is 3.34. The lowest BCUT2D eigenvalue weighted by molar-refractivity contribution is -0.137. The molecule has 7 heteroatoms. The molecule has 2 aromatic rings. The lowest BCUT2D eigenvalue weighted by atomic mass is 10.1. The van der Waals surface area contributed by atoms with Crippen molar-refractivity contribution in [2.75, 3.05) is 20.3 Å². The summed E-state index contributed by atoms with van der Waals surface area (Å²) >= 11 is 0. The number of nitrogens with zero attached hydrogens (tertiary/aromatic N) is 1. The molecule has 0 fully saturated rings. The van der Waals surface area contributed by atoms with Crippen LogP contribution >= 0.6 is 0 Å². The molecule has 0 radical (unpaired) electrons. The van der Waals surface area contributed by atoms with E-state index in [1.54, 1.807) is 17.7 Å². The molecule has 148 valence electrons. The van der Waals surface area contributed by atoms with Gasteiger partial charge >= 0.3 is 6.18 Å². The van der Waals surface area contributed by atoms with E-state index in [0.717, 1.165) is 35.4 Å². The van der Waals surface area contributed by atoms with Crippen LogP contribution in [0.15, 0.2) is 24.3 Å². The molecular formula is C20H25F3N2O2. The highest BCUT2D eigenvalue weighted by Crippen LogP contribution is 2.30. The summed E-state index contributed by atoms with van der Waals surface area (Å²) in [7, 11) is 1.55. The van der Waals surface area contributed by atoms with Crippen LogP contribution in [0.25, 0.3) is 0 Å². The third kappa shape index (κ3) is 4.71. The van der Waals surface area contributed by atoms with Gasteiger partial charge in [-0.15, -0.1) is 0 Å². The zero-order chi connectivity index (χ0) is 20.2. The van der Waals surface area contributed by atoms with Crippen molar-refractivity contribution in [1.82, 2.24) is 9.88 Å². The molecule has 1 amide bonds. The minimum atomic E-state index is -4.40. The number of carbonyl (C=O) groups excluding carboxylic acids is 1. The minimum Gasteiger partial charge on any atom is -0.383 e. The van der Waals surface area contributed by atoms with Crippen molar-refractivity contribution in [3.05, 3.63) is 57.9 Å². The van der Waals surface area contributed by atoms with E-state index in [2.05, 4.69) is 5.32 Å². The van der Waals surface area contributed by atoms with Crippen LogP contribution in [0.5, 0.6) is 0 Å². The normalized spacial score (nSPS) is 11.7. The third-order valence-electron chi connectivity index (χ3n) is 4.67. The van der Waals surface area contributed by atoms with Gasteiger partial charge in [0.25, 0.3) is 5.91 Å². The number of hydrogen-bond acceptors (Lipinski definition) is 2. The zero-order valence-electron chi connectivity index (χ0n) is 16.0. The van der Waals surface area contributed by atoms with Gasteiger partial charge in [-0.1, -0.05) is 19.1 Å². The van der Waals surface area contributed by atoms with Gasteiger partial charge in [0, 0.05) is 25.9 Å². The molecule has 0 aliphatic heterocycles. The van der Waals surface area contributed by atoms with Gasteiger partial charge in [-0.05, 0) is 49.1 Å². The quantitative estimate of drug-likeness (QED) is 0.733. The highest BCUT2D eigenvalue weighted by molar-refractivity contribution is 5.95. The Morgan fingerprint density at radius 3 is 2.56 bits per heavy atom. The average Bonchev–Trinajstić information content (AvgIpc) is 2.84. The molecule has 0 saturated heterocycles. The Balaban J connectivity index is 2.42. The van der Waals surface area contributed by atoms with Crippen molar-refractivity contribution >= 4 is 5.91 Å². The number of nitrogens with one attached hydrogen (secondary N) is 1. The summed E-state index contributed by atoms with van der Waals surface area (Å²) in [6.45, 7) is 6.72. The first-order chi connectivity index (χ1) is 12.7. The summed E-state index contributed by atoms with van der Waals surface area (Å²) in [6, 6.07) is 5.21. The maximum Gasteiger partial charge on any atom is 0.416 e. The van der Waals surface area contributed by atoms with Crippen molar-refractivity contribution in [2.24, 2.45) is 0 Å². The van der Waals surface area contributed by atoms with Crippen LogP contribution in [-0.4, -0.2) is 30.7 Å². The smallest absolute Gasteiger partial charge is 0.383 e. The van der Waals surface area contributed by atoms with Crippen LogP contribution in [-0.2, 0) is 23.9 Å². The highest BCUT2D eigenvalue weighted by Gasteiger charge is 2.30. The fraction of sp³-hybridized carbons (Fsp3) is 0.450. The second-order valence-electron chi connectivity index (χ2n) is 6.42. The molecule has 0 spiro atoms. The van der Waals surface area contributed by atoms with Gasteiger partial charge in [0.05, 0.1) is 12.2 Å². The predicted molar refractivity (Wildman–Crippen MR) is 98.0 cm³/mol. The first-order valence-electron chi connectivity index (χ1n) is 8.82.